The summed E-state index contributed by atoms with van der Waals surface area (Å²) in [6, 6.07) is 26.7. The van der Waals surface area contributed by atoms with Gasteiger partial charge in [-0.15, -0.1) is 0 Å². The highest BCUT2D eigenvalue weighted by Crippen LogP contribution is 2.44. The minimum Gasteiger partial charge on any atom is -0.324 e. The maximum atomic E-state index is 14.6. The molecular formula is C28H18BF5N2. The molecule has 1 aromatic heterocycles. The van der Waals surface area contributed by atoms with E-state index in [1.54, 1.807) is 91.0 Å². The molecule has 1 aliphatic heterocycles. The molecule has 0 amide bonds. The number of alkyl halides is 3. The Morgan fingerprint density at radius 1 is 0.694 bits per heavy atom. The van der Waals surface area contributed by atoms with Gasteiger partial charge in [-0.3, -0.25) is 8.63 Å². The summed E-state index contributed by atoms with van der Waals surface area (Å²) in [6.07, 6.45) is -2.26. The van der Waals surface area contributed by atoms with Crippen LogP contribution in [0.5, 0.6) is 0 Å². The molecule has 0 atom stereocenters. The zero-order valence-corrected chi connectivity index (χ0v) is 18.8. The Bertz CT molecular complexity index is 1470. The van der Waals surface area contributed by atoms with Gasteiger partial charge in [-0.05, 0) is 29.3 Å². The predicted octanol–water partition coefficient (Wildman–Crippen LogP) is 7.93. The summed E-state index contributed by atoms with van der Waals surface area (Å²) in [5.41, 5.74) is -0.142. The van der Waals surface area contributed by atoms with Crippen molar-refractivity contribution in [1.29, 1.82) is 0 Å². The zero-order valence-electron chi connectivity index (χ0n) is 18.8. The van der Waals surface area contributed by atoms with Crippen LogP contribution in [-0.4, -0.2) is 23.8 Å². The summed E-state index contributed by atoms with van der Waals surface area (Å²) in [7, 11) is -3.23. The van der Waals surface area contributed by atoms with Gasteiger partial charge in [0.05, 0.1) is 11.4 Å². The first kappa shape index (κ1) is 23.5. The van der Waals surface area contributed by atoms with E-state index in [1.165, 1.54) is 18.2 Å². The van der Waals surface area contributed by atoms with Crippen LogP contribution in [0, 0.1) is 0 Å². The first-order valence-electron chi connectivity index (χ1n) is 11.1. The standard InChI is InChI=1S/C28H18BF5N2/c30-28(31,32)26(24-17-16-23(35-24)20-12-6-2-7-13-20)25-18-22(19-10-4-1-5-11-19)27(36(25)29(33)34)21-14-8-3-9-15-21/h1-18H/b26-24+. The number of aliphatic imine (C=N–C) groups is 1. The molecule has 0 spiro atoms. The molecule has 2 nitrogen and oxygen atoms in total. The molecule has 8 heteroatoms. The van der Waals surface area contributed by atoms with Gasteiger partial charge in [0.1, 0.15) is 5.57 Å². The van der Waals surface area contributed by atoms with Crippen molar-refractivity contribution < 1.29 is 21.8 Å². The van der Waals surface area contributed by atoms with Gasteiger partial charge in [0, 0.05) is 22.5 Å². The highest BCUT2D eigenvalue weighted by atomic mass is 19.4. The molecule has 5 rings (SSSR count). The molecule has 178 valence electrons. The molecule has 0 fully saturated rings. The summed E-state index contributed by atoms with van der Waals surface area (Å²) in [5, 5.41) is 0. The predicted molar refractivity (Wildman–Crippen MR) is 134 cm³/mol. The average molecular weight is 488 g/mol. The van der Waals surface area contributed by atoms with E-state index < -0.39 is 30.5 Å². The van der Waals surface area contributed by atoms with Crippen LogP contribution in [0.3, 0.4) is 0 Å². The van der Waals surface area contributed by atoms with Crippen molar-refractivity contribution in [2.75, 3.05) is 0 Å². The SMILES string of the molecule is FB(F)n1c(/C(=C2/C=CC(c3ccccc3)=N2)C(F)(F)F)cc(-c2ccccc2)c1-c1ccccc1. The third kappa shape index (κ3) is 4.42. The Labute approximate surface area is 204 Å². The second kappa shape index (κ2) is 9.45. The fourth-order valence-electron chi connectivity index (χ4n) is 4.34. The number of allylic oxidation sites excluding steroid dienone is 3. The van der Waals surface area contributed by atoms with Gasteiger partial charge < -0.3 is 4.48 Å². The van der Waals surface area contributed by atoms with Crippen LogP contribution in [0.15, 0.2) is 120 Å². The Kier molecular flexibility index (Phi) is 6.18. The lowest BCUT2D eigenvalue weighted by Gasteiger charge is -2.17. The van der Waals surface area contributed by atoms with Crippen LogP contribution < -0.4 is 0 Å². The Hall–Kier alpha value is -4.20. The normalized spacial score (nSPS) is 14.6. The number of hydrogen-bond acceptors (Lipinski definition) is 1. The monoisotopic (exact) mass is 488 g/mol. The summed E-state index contributed by atoms with van der Waals surface area (Å²) in [5.74, 6) is 0. The summed E-state index contributed by atoms with van der Waals surface area (Å²) < 4.78 is 73.3. The number of halogens is 5. The molecule has 2 heterocycles. The van der Waals surface area contributed by atoms with Crippen LogP contribution in [0.25, 0.3) is 28.0 Å². The lowest BCUT2D eigenvalue weighted by Crippen LogP contribution is -2.22. The van der Waals surface area contributed by atoms with Crippen molar-refractivity contribution >= 4 is 18.7 Å². The quantitative estimate of drug-likeness (QED) is 0.201. The van der Waals surface area contributed by atoms with Crippen LogP contribution in [0.2, 0.25) is 0 Å². The fourth-order valence-corrected chi connectivity index (χ4v) is 4.34. The van der Waals surface area contributed by atoms with E-state index in [4.69, 9.17) is 0 Å². The molecule has 0 radical (unpaired) electrons. The van der Waals surface area contributed by atoms with Crippen molar-refractivity contribution in [1.82, 2.24) is 4.48 Å². The lowest BCUT2D eigenvalue weighted by atomic mass is 10.00. The lowest BCUT2D eigenvalue weighted by molar-refractivity contribution is -0.0696. The van der Waals surface area contributed by atoms with E-state index >= 15 is 0 Å². The summed E-state index contributed by atoms with van der Waals surface area (Å²) in [4.78, 5) is 4.19. The molecule has 1 aliphatic rings. The van der Waals surface area contributed by atoms with Gasteiger partial charge in [0.15, 0.2) is 0 Å². The van der Waals surface area contributed by atoms with E-state index in [9.17, 15) is 21.8 Å². The minimum atomic E-state index is -4.94. The first-order valence-corrected chi connectivity index (χ1v) is 11.1. The van der Waals surface area contributed by atoms with Crippen LogP contribution in [0.1, 0.15) is 11.3 Å². The van der Waals surface area contributed by atoms with Crippen molar-refractivity contribution in [2.24, 2.45) is 4.99 Å². The average Bonchev–Trinajstić information content (AvgIpc) is 3.51. The molecule has 0 N–H and O–H groups in total. The number of benzene rings is 3. The van der Waals surface area contributed by atoms with Gasteiger partial charge in [-0.2, -0.15) is 13.2 Å². The van der Waals surface area contributed by atoms with E-state index in [0.29, 0.717) is 26.9 Å². The third-order valence-corrected chi connectivity index (χ3v) is 5.87. The minimum absolute atomic E-state index is 0.00314. The van der Waals surface area contributed by atoms with Crippen molar-refractivity contribution in [3.05, 3.63) is 126 Å². The van der Waals surface area contributed by atoms with Crippen LogP contribution >= 0.6 is 0 Å². The topological polar surface area (TPSA) is 17.3 Å². The van der Waals surface area contributed by atoms with E-state index in [-0.39, 0.29) is 11.3 Å². The smallest absolute Gasteiger partial charge is 0.324 e. The van der Waals surface area contributed by atoms with Crippen molar-refractivity contribution in [3.8, 4) is 22.4 Å². The summed E-state index contributed by atoms with van der Waals surface area (Å²) >= 11 is 0. The number of nitrogens with zero attached hydrogens (tertiary/aromatic N) is 2. The van der Waals surface area contributed by atoms with Crippen LogP contribution in [0.4, 0.5) is 21.8 Å². The molecule has 0 saturated carbocycles. The molecule has 0 unspecified atom stereocenters. The fraction of sp³-hybridized carbons (Fsp3) is 0.0357. The zero-order chi connectivity index (χ0) is 25.3. The van der Waals surface area contributed by atoms with Crippen LogP contribution in [-0.2, 0) is 0 Å². The van der Waals surface area contributed by atoms with Gasteiger partial charge in [-0.1, -0.05) is 91.0 Å². The number of hydrogen-bond donors (Lipinski definition) is 0. The molecule has 4 aromatic rings. The van der Waals surface area contributed by atoms with Crippen molar-refractivity contribution in [2.45, 2.75) is 6.18 Å². The van der Waals surface area contributed by atoms with Gasteiger partial charge >= 0.3 is 13.6 Å². The maximum absolute atomic E-state index is 14.6. The van der Waals surface area contributed by atoms with E-state index in [0.717, 1.165) is 0 Å². The highest BCUT2D eigenvalue weighted by Gasteiger charge is 2.42. The molecule has 0 aliphatic carbocycles. The van der Waals surface area contributed by atoms with E-state index in [2.05, 4.69) is 4.99 Å². The highest BCUT2D eigenvalue weighted by molar-refractivity contribution is 6.42. The molecule has 36 heavy (non-hydrogen) atoms. The Balaban J connectivity index is 1.81. The molecule has 0 bridgehead atoms. The molecular weight excluding hydrogens is 470 g/mol. The largest absolute Gasteiger partial charge is 0.678 e. The van der Waals surface area contributed by atoms with Gasteiger partial charge in [-0.25, -0.2) is 4.99 Å². The second-order valence-corrected chi connectivity index (χ2v) is 8.13. The van der Waals surface area contributed by atoms with Gasteiger partial charge in [0.2, 0.25) is 0 Å². The molecule has 3 aromatic carbocycles. The third-order valence-electron chi connectivity index (χ3n) is 5.87. The first-order chi connectivity index (χ1) is 17.3. The summed E-state index contributed by atoms with van der Waals surface area (Å²) in [6.45, 7) is 0. The Morgan fingerprint density at radius 3 is 1.75 bits per heavy atom. The second-order valence-electron chi connectivity index (χ2n) is 8.13. The molecule has 0 saturated heterocycles. The van der Waals surface area contributed by atoms with Gasteiger partial charge in [0.25, 0.3) is 0 Å². The Morgan fingerprint density at radius 2 is 1.22 bits per heavy atom. The maximum Gasteiger partial charge on any atom is 0.678 e. The number of aromatic nitrogens is 1. The van der Waals surface area contributed by atoms with Crippen molar-refractivity contribution in [3.63, 3.8) is 0 Å². The number of rotatable bonds is 5. The van der Waals surface area contributed by atoms with E-state index in [1.807, 2.05) is 0 Å².